The van der Waals surface area contributed by atoms with Crippen molar-refractivity contribution in [1.82, 2.24) is 0 Å². The third kappa shape index (κ3) is 2.70. The van der Waals surface area contributed by atoms with E-state index in [1.54, 1.807) is 0 Å². The Morgan fingerprint density at radius 3 is 2.50 bits per heavy atom. The van der Waals surface area contributed by atoms with Crippen molar-refractivity contribution in [2.24, 2.45) is 0 Å². The van der Waals surface area contributed by atoms with Crippen LogP contribution in [0.25, 0.3) is 11.1 Å². The Bertz CT molecular complexity index is 686. The zero-order valence-electron chi connectivity index (χ0n) is 10.2. The summed E-state index contributed by atoms with van der Waals surface area (Å²) in [5.41, 5.74) is -0.619. The second-order valence-electron chi connectivity index (χ2n) is 3.94. The van der Waals surface area contributed by atoms with Gasteiger partial charge in [-0.3, -0.25) is 0 Å². The number of halogens is 4. The maximum Gasteiger partial charge on any atom is 0.337 e. The fourth-order valence-electron chi connectivity index (χ4n) is 1.76. The van der Waals surface area contributed by atoms with Gasteiger partial charge in [-0.1, -0.05) is 0 Å². The minimum atomic E-state index is -0.869. The molecule has 0 atom stereocenters. The molecule has 104 valence electrons. The maximum absolute atomic E-state index is 14.0. The second-order valence-corrected chi connectivity index (χ2v) is 4.79. The van der Waals surface area contributed by atoms with E-state index in [1.807, 2.05) is 0 Å². The standard InChI is InChI=1S/C14H8BrF3O2/c1-20-14(19)8-4-7(5-9(16)6-8)12-11(17)3-2-10(15)13(12)18/h2-6H,1H3. The molecule has 6 heteroatoms. The highest BCUT2D eigenvalue weighted by atomic mass is 79.9. The first-order valence-corrected chi connectivity index (χ1v) is 6.26. The number of hydrogen-bond acceptors (Lipinski definition) is 2. The van der Waals surface area contributed by atoms with E-state index in [0.717, 1.165) is 25.3 Å². The van der Waals surface area contributed by atoms with E-state index in [9.17, 15) is 18.0 Å². The summed E-state index contributed by atoms with van der Waals surface area (Å²) in [5.74, 6) is -3.30. The van der Waals surface area contributed by atoms with Gasteiger partial charge in [0.1, 0.15) is 17.5 Å². The van der Waals surface area contributed by atoms with Crippen molar-refractivity contribution in [1.29, 1.82) is 0 Å². The van der Waals surface area contributed by atoms with Gasteiger partial charge in [-0.2, -0.15) is 0 Å². The summed E-state index contributed by atoms with van der Waals surface area (Å²) in [6.45, 7) is 0. The van der Waals surface area contributed by atoms with E-state index in [-0.39, 0.29) is 15.6 Å². The largest absolute Gasteiger partial charge is 0.465 e. The molecular weight excluding hydrogens is 337 g/mol. The van der Waals surface area contributed by atoms with Crippen LogP contribution in [0.15, 0.2) is 34.8 Å². The molecule has 0 aliphatic rings. The minimum absolute atomic E-state index is 0.0396. The van der Waals surface area contributed by atoms with Crippen molar-refractivity contribution < 1.29 is 22.7 Å². The van der Waals surface area contributed by atoms with E-state index < -0.39 is 29.0 Å². The van der Waals surface area contributed by atoms with Crippen LogP contribution in [-0.2, 0) is 4.74 Å². The van der Waals surface area contributed by atoms with Crippen LogP contribution in [0.1, 0.15) is 10.4 Å². The molecule has 0 heterocycles. The van der Waals surface area contributed by atoms with Crippen molar-refractivity contribution in [3.63, 3.8) is 0 Å². The first-order chi connectivity index (χ1) is 9.43. The SMILES string of the molecule is COC(=O)c1cc(F)cc(-c2c(F)ccc(Br)c2F)c1. The van der Waals surface area contributed by atoms with Gasteiger partial charge in [0.25, 0.3) is 0 Å². The van der Waals surface area contributed by atoms with Gasteiger partial charge in [-0.05, 0) is 51.8 Å². The number of benzene rings is 2. The topological polar surface area (TPSA) is 26.3 Å². The molecule has 0 radical (unpaired) electrons. The molecule has 0 spiro atoms. The van der Waals surface area contributed by atoms with E-state index in [1.165, 1.54) is 12.1 Å². The van der Waals surface area contributed by atoms with E-state index in [2.05, 4.69) is 20.7 Å². The van der Waals surface area contributed by atoms with Gasteiger partial charge >= 0.3 is 5.97 Å². The van der Waals surface area contributed by atoms with Gasteiger partial charge < -0.3 is 4.74 Å². The molecule has 2 nitrogen and oxygen atoms in total. The molecule has 2 aromatic rings. The molecule has 0 saturated heterocycles. The molecule has 0 N–H and O–H groups in total. The molecular formula is C14H8BrF3O2. The predicted molar refractivity (Wildman–Crippen MR) is 70.8 cm³/mol. The highest BCUT2D eigenvalue weighted by Crippen LogP contribution is 2.31. The second kappa shape index (κ2) is 5.66. The summed E-state index contributed by atoms with van der Waals surface area (Å²) < 4.78 is 45.7. The van der Waals surface area contributed by atoms with E-state index in [0.29, 0.717) is 0 Å². The third-order valence-electron chi connectivity index (χ3n) is 2.65. The van der Waals surface area contributed by atoms with Crippen LogP contribution in [-0.4, -0.2) is 13.1 Å². The Balaban J connectivity index is 2.68. The summed E-state index contributed by atoms with van der Waals surface area (Å²) in [6.07, 6.45) is 0. The summed E-state index contributed by atoms with van der Waals surface area (Å²) in [5, 5.41) is 0. The first kappa shape index (κ1) is 14.6. The van der Waals surface area contributed by atoms with E-state index in [4.69, 9.17) is 0 Å². The summed E-state index contributed by atoms with van der Waals surface area (Å²) in [7, 11) is 1.13. The summed E-state index contributed by atoms with van der Waals surface area (Å²) >= 11 is 2.93. The Labute approximate surface area is 121 Å². The molecule has 0 aliphatic heterocycles. The van der Waals surface area contributed by atoms with Gasteiger partial charge in [0.2, 0.25) is 0 Å². The average molecular weight is 345 g/mol. The Morgan fingerprint density at radius 1 is 1.15 bits per heavy atom. The third-order valence-corrected chi connectivity index (χ3v) is 3.26. The molecule has 0 fully saturated rings. The van der Waals surface area contributed by atoms with Crippen LogP contribution in [0.2, 0.25) is 0 Å². The number of carbonyl (C=O) groups excluding carboxylic acids is 1. The quantitative estimate of drug-likeness (QED) is 0.599. The molecule has 20 heavy (non-hydrogen) atoms. The fourth-order valence-corrected chi connectivity index (χ4v) is 2.09. The number of carbonyl (C=O) groups is 1. The molecule has 0 saturated carbocycles. The minimum Gasteiger partial charge on any atom is -0.465 e. The lowest BCUT2D eigenvalue weighted by Gasteiger charge is -2.09. The molecule has 0 bridgehead atoms. The van der Waals surface area contributed by atoms with Gasteiger partial charge in [0, 0.05) is 0 Å². The highest BCUT2D eigenvalue weighted by molar-refractivity contribution is 9.10. The fraction of sp³-hybridized carbons (Fsp3) is 0.0714. The van der Waals surface area contributed by atoms with Crippen LogP contribution < -0.4 is 0 Å². The molecule has 2 aromatic carbocycles. The average Bonchev–Trinajstić information content (AvgIpc) is 2.42. The molecule has 0 aromatic heterocycles. The van der Waals surface area contributed by atoms with Gasteiger partial charge in [0.15, 0.2) is 0 Å². The molecule has 0 unspecified atom stereocenters. The van der Waals surface area contributed by atoms with Crippen molar-refractivity contribution in [3.05, 3.63) is 57.8 Å². The lowest BCUT2D eigenvalue weighted by atomic mass is 10.0. The normalized spacial score (nSPS) is 10.4. The van der Waals surface area contributed by atoms with Crippen molar-refractivity contribution in [2.45, 2.75) is 0 Å². The van der Waals surface area contributed by atoms with Crippen molar-refractivity contribution in [3.8, 4) is 11.1 Å². The Kier molecular flexibility index (Phi) is 4.13. The molecule has 2 rings (SSSR count). The van der Waals surface area contributed by atoms with Crippen LogP contribution >= 0.6 is 15.9 Å². The van der Waals surface area contributed by atoms with Crippen molar-refractivity contribution >= 4 is 21.9 Å². The van der Waals surface area contributed by atoms with Gasteiger partial charge in [-0.15, -0.1) is 0 Å². The highest BCUT2D eigenvalue weighted by Gasteiger charge is 2.17. The lowest BCUT2D eigenvalue weighted by molar-refractivity contribution is 0.0600. The number of hydrogen-bond donors (Lipinski definition) is 0. The summed E-state index contributed by atoms with van der Waals surface area (Å²) in [4.78, 5) is 11.4. The Morgan fingerprint density at radius 2 is 1.85 bits per heavy atom. The predicted octanol–water partition coefficient (Wildman–Crippen LogP) is 4.32. The molecule has 0 amide bonds. The van der Waals surface area contributed by atoms with Crippen LogP contribution in [0.3, 0.4) is 0 Å². The number of ether oxygens (including phenoxy) is 1. The summed E-state index contributed by atoms with van der Waals surface area (Å²) in [6, 6.07) is 5.30. The molecule has 0 aliphatic carbocycles. The van der Waals surface area contributed by atoms with E-state index >= 15 is 0 Å². The number of methoxy groups -OCH3 is 1. The monoisotopic (exact) mass is 344 g/mol. The maximum atomic E-state index is 14.0. The Hall–Kier alpha value is -1.82. The zero-order valence-corrected chi connectivity index (χ0v) is 11.8. The first-order valence-electron chi connectivity index (χ1n) is 5.47. The number of rotatable bonds is 2. The zero-order chi connectivity index (χ0) is 14.9. The smallest absolute Gasteiger partial charge is 0.337 e. The van der Waals surface area contributed by atoms with Crippen LogP contribution in [0.5, 0.6) is 0 Å². The van der Waals surface area contributed by atoms with Gasteiger partial charge in [0.05, 0.1) is 22.7 Å². The van der Waals surface area contributed by atoms with Crippen LogP contribution in [0.4, 0.5) is 13.2 Å². The van der Waals surface area contributed by atoms with Crippen LogP contribution in [0, 0.1) is 17.5 Å². The lowest BCUT2D eigenvalue weighted by Crippen LogP contribution is -2.03. The van der Waals surface area contributed by atoms with Crippen molar-refractivity contribution in [2.75, 3.05) is 7.11 Å². The number of esters is 1. The van der Waals surface area contributed by atoms with Gasteiger partial charge in [-0.25, -0.2) is 18.0 Å².